The van der Waals surface area contributed by atoms with Gasteiger partial charge in [0.15, 0.2) is 0 Å². The van der Waals surface area contributed by atoms with E-state index in [9.17, 15) is 4.79 Å². The maximum Gasteiger partial charge on any atom is 0.410 e. The zero-order valence-electron chi connectivity index (χ0n) is 13.2. The third-order valence-corrected chi connectivity index (χ3v) is 3.21. The molecular weight excluding hydrogens is 270 g/mol. The summed E-state index contributed by atoms with van der Waals surface area (Å²) in [5, 5.41) is 10.8. The summed E-state index contributed by atoms with van der Waals surface area (Å²) in [4.78, 5) is 13.6. The van der Waals surface area contributed by atoms with E-state index in [2.05, 4.69) is 15.7 Å². The third kappa shape index (κ3) is 4.10. The fraction of sp³-hybridized carbons (Fsp3) is 0.714. The second-order valence-electron chi connectivity index (χ2n) is 6.23. The molecule has 0 aromatic carbocycles. The lowest BCUT2D eigenvalue weighted by Crippen LogP contribution is -2.52. The average molecular weight is 295 g/mol. The van der Waals surface area contributed by atoms with E-state index in [1.807, 2.05) is 38.6 Å². The number of rotatable bonds is 5. The van der Waals surface area contributed by atoms with Gasteiger partial charge in [-0.15, -0.1) is 0 Å². The van der Waals surface area contributed by atoms with E-state index in [0.717, 1.165) is 18.9 Å². The van der Waals surface area contributed by atoms with Crippen LogP contribution in [-0.2, 0) is 4.74 Å². The van der Waals surface area contributed by atoms with Crippen molar-refractivity contribution in [2.45, 2.75) is 32.4 Å². The summed E-state index contributed by atoms with van der Waals surface area (Å²) in [5.74, 6) is 0.985. The van der Waals surface area contributed by atoms with E-state index in [1.165, 1.54) is 0 Å². The molecule has 0 spiro atoms. The van der Waals surface area contributed by atoms with Crippen molar-refractivity contribution >= 4 is 11.9 Å². The van der Waals surface area contributed by atoms with Crippen LogP contribution in [0.5, 0.6) is 0 Å². The van der Waals surface area contributed by atoms with Gasteiger partial charge < -0.3 is 20.3 Å². The lowest BCUT2D eigenvalue weighted by Gasteiger charge is -2.40. The highest BCUT2D eigenvalue weighted by Crippen LogP contribution is 2.25. The lowest BCUT2D eigenvalue weighted by atomic mass is 10.1. The summed E-state index contributed by atoms with van der Waals surface area (Å²) < 4.78 is 7.29. The number of anilines is 1. The van der Waals surface area contributed by atoms with Gasteiger partial charge in [0.25, 0.3) is 0 Å². The number of carbonyl (C=O) groups is 1. The molecule has 2 N–H and O–H groups in total. The second-order valence-corrected chi connectivity index (χ2v) is 6.23. The molecule has 21 heavy (non-hydrogen) atoms. The Morgan fingerprint density at radius 1 is 1.43 bits per heavy atom. The number of hydrogen-bond acceptors (Lipinski definition) is 5. The second kappa shape index (κ2) is 6.34. The van der Waals surface area contributed by atoms with Crippen LogP contribution < -0.4 is 10.6 Å². The molecule has 118 valence electrons. The Bertz CT molecular complexity index is 474. The number of carbonyl (C=O) groups excluding carboxylic acids is 1. The quantitative estimate of drug-likeness (QED) is 0.801. The van der Waals surface area contributed by atoms with Gasteiger partial charge >= 0.3 is 6.09 Å². The van der Waals surface area contributed by atoms with E-state index in [0.29, 0.717) is 13.1 Å². The van der Waals surface area contributed by atoms with Crippen molar-refractivity contribution in [3.05, 3.63) is 12.3 Å². The monoisotopic (exact) mass is 295 g/mol. The summed E-state index contributed by atoms with van der Waals surface area (Å²) in [7, 11) is 1.92. The number of ether oxygens (including phenoxy) is 1. The van der Waals surface area contributed by atoms with Gasteiger partial charge in [-0.3, -0.25) is 0 Å². The molecule has 1 amide bonds. The molecule has 1 aromatic rings. The molecule has 2 heterocycles. The first kappa shape index (κ1) is 15.6. The number of nitrogens with one attached hydrogen (secondary N) is 2. The van der Waals surface area contributed by atoms with E-state index in [4.69, 9.17) is 4.74 Å². The van der Waals surface area contributed by atoms with Crippen molar-refractivity contribution in [2.75, 3.05) is 38.5 Å². The van der Waals surface area contributed by atoms with Crippen LogP contribution in [0.25, 0.3) is 0 Å². The Hall–Kier alpha value is -1.76. The van der Waals surface area contributed by atoms with Crippen molar-refractivity contribution in [2.24, 2.45) is 0 Å². The van der Waals surface area contributed by atoms with E-state index in [-0.39, 0.29) is 12.1 Å². The Labute approximate surface area is 125 Å². The van der Waals surface area contributed by atoms with Gasteiger partial charge in [-0.05, 0) is 27.8 Å². The van der Waals surface area contributed by atoms with Gasteiger partial charge in [-0.2, -0.15) is 5.10 Å². The van der Waals surface area contributed by atoms with Crippen LogP contribution in [-0.4, -0.2) is 59.6 Å². The minimum atomic E-state index is -0.451. The molecule has 0 aliphatic carbocycles. The Kier molecular flexibility index (Phi) is 4.72. The zero-order chi connectivity index (χ0) is 15.5. The van der Waals surface area contributed by atoms with Crippen LogP contribution in [0, 0.1) is 0 Å². The number of likely N-dealkylation sites (N-methyl/N-ethyl adjacent to an activating group) is 1. The van der Waals surface area contributed by atoms with Crippen molar-refractivity contribution in [1.82, 2.24) is 20.0 Å². The normalized spacial score (nSPS) is 15.7. The highest BCUT2D eigenvalue weighted by atomic mass is 16.6. The first-order valence-electron chi connectivity index (χ1n) is 7.30. The molecule has 7 heteroatoms. The fourth-order valence-electron chi connectivity index (χ4n) is 2.15. The molecule has 0 unspecified atom stereocenters. The highest BCUT2D eigenvalue weighted by Gasteiger charge is 2.35. The van der Waals surface area contributed by atoms with Gasteiger partial charge in [0.1, 0.15) is 11.4 Å². The minimum Gasteiger partial charge on any atom is -0.444 e. The molecule has 1 saturated heterocycles. The maximum absolute atomic E-state index is 11.9. The molecule has 0 saturated carbocycles. The van der Waals surface area contributed by atoms with E-state index >= 15 is 0 Å². The van der Waals surface area contributed by atoms with Gasteiger partial charge in [-0.1, -0.05) is 0 Å². The Morgan fingerprint density at radius 2 is 2.14 bits per heavy atom. The average Bonchev–Trinajstić information content (AvgIpc) is 2.73. The van der Waals surface area contributed by atoms with Crippen molar-refractivity contribution in [1.29, 1.82) is 0 Å². The maximum atomic E-state index is 11.9. The summed E-state index contributed by atoms with van der Waals surface area (Å²) >= 11 is 0. The third-order valence-electron chi connectivity index (χ3n) is 3.21. The van der Waals surface area contributed by atoms with Crippen molar-refractivity contribution in [3.63, 3.8) is 0 Å². The number of aromatic nitrogens is 2. The first-order chi connectivity index (χ1) is 9.90. The zero-order valence-corrected chi connectivity index (χ0v) is 13.2. The van der Waals surface area contributed by atoms with Crippen LogP contribution in [0.15, 0.2) is 12.3 Å². The van der Waals surface area contributed by atoms with Crippen molar-refractivity contribution < 1.29 is 9.53 Å². The van der Waals surface area contributed by atoms with E-state index in [1.54, 1.807) is 11.1 Å². The van der Waals surface area contributed by atoms with Crippen LogP contribution in [0.4, 0.5) is 10.6 Å². The summed E-state index contributed by atoms with van der Waals surface area (Å²) in [5.41, 5.74) is -0.451. The summed E-state index contributed by atoms with van der Waals surface area (Å²) in [6, 6.07) is 2.16. The Morgan fingerprint density at radius 3 is 2.76 bits per heavy atom. The number of nitrogens with zero attached hydrogens (tertiary/aromatic N) is 3. The number of amides is 1. The molecule has 0 bridgehead atoms. The molecular formula is C14H25N5O2. The highest BCUT2D eigenvalue weighted by molar-refractivity contribution is 5.69. The first-order valence-corrected chi connectivity index (χ1v) is 7.30. The lowest BCUT2D eigenvalue weighted by molar-refractivity contribution is -0.000135. The van der Waals surface area contributed by atoms with Gasteiger partial charge in [0.05, 0.1) is 12.2 Å². The minimum absolute atomic E-state index is 0.213. The van der Waals surface area contributed by atoms with Gasteiger partial charge in [0.2, 0.25) is 0 Å². The molecule has 7 nitrogen and oxygen atoms in total. The molecule has 0 atom stereocenters. The molecule has 1 aromatic heterocycles. The number of hydrogen-bond donors (Lipinski definition) is 2. The van der Waals surface area contributed by atoms with Crippen LogP contribution >= 0.6 is 0 Å². The van der Waals surface area contributed by atoms with Crippen LogP contribution in [0.2, 0.25) is 0 Å². The standard InChI is InChI=1S/C14H25N5O2/c1-14(2,3)21-13(20)18-9-11(10-18)19-12(5-6-17-19)16-8-7-15-4/h5-6,11,15-16H,7-10H2,1-4H3. The predicted octanol–water partition coefficient (Wildman–Crippen LogP) is 1.31. The molecule has 1 aliphatic rings. The molecule has 0 radical (unpaired) electrons. The summed E-state index contributed by atoms with van der Waals surface area (Å²) in [6.07, 6.45) is 1.52. The molecule has 2 rings (SSSR count). The van der Waals surface area contributed by atoms with Crippen molar-refractivity contribution in [3.8, 4) is 0 Å². The Balaban J connectivity index is 1.84. The van der Waals surface area contributed by atoms with Crippen LogP contribution in [0.3, 0.4) is 0 Å². The topological polar surface area (TPSA) is 71.4 Å². The van der Waals surface area contributed by atoms with Crippen LogP contribution in [0.1, 0.15) is 26.8 Å². The number of likely N-dealkylation sites (tertiary alicyclic amines) is 1. The van der Waals surface area contributed by atoms with Gasteiger partial charge in [-0.25, -0.2) is 9.48 Å². The largest absolute Gasteiger partial charge is 0.444 e. The summed E-state index contributed by atoms with van der Waals surface area (Å²) in [6.45, 7) is 8.62. The fourth-order valence-corrected chi connectivity index (χ4v) is 2.15. The molecule has 1 aliphatic heterocycles. The SMILES string of the molecule is CNCCNc1ccnn1C1CN(C(=O)OC(C)(C)C)C1. The smallest absolute Gasteiger partial charge is 0.410 e. The van der Waals surface area contributed by atoms with Gasteiger partial charge in [0, 0.05) is 32.2 Å². The predicted molar refractivity (Wildman–Crippen MR) is 81.5 cm³/mol. The molecule has 1 fully saturated rings. The van der Waals surface area contributed by atoms with E-state index < -0.39 is 5.60 Å².